The van der Waals surface area contributed by atoms with E-state index in [1.165, 1.54) is 13.4 Å². The molecule has 132 valence electrons. The Morgan fingerprint density at radius 2 is 1.77 bits per heavy atom. The Morgan fingerprint density at radius 3 is 2.54 bits per heavy atom. The van der Waals surface area contributed by atoms with Gasteiger partial charge in [0.2, 0.25) is 0 Å². The maximum absolute atomic E-state index is 12.5. The molecule has 26 heavy (non-hydrogen) atoms. The first-order valence-corrected chi connectivity index (χ1v) is 7.99. The molecule has 3 aromatic rings. The van der Waals surface area contributed by atoms with E-state index in [0.29, 0.717) is 18.0 Å². The summed E-state index contributed by atoms with van der Waals surface area (Å²) in [6.07, 6.45) is 1.31. The summed E-state index contributed by atoms with van der Waals surface area (Å²) in [5, 5.41) is 5.47. The van der Waals surface area contributed by atoms with Gasteiger partial charge in [-0.1, -0.05) is 42.5 Å². The van der Waals surface area contributed by atoms with E-state index in [4.69, 9.17) is 4.74 Å². The lowest BCUT2D eigenvalue weighted by Crippen LogP contribution is -2.26. The number of imidazole rings is 1. The molecular weight excluding hydrogens is 332 g/mol. The van der Waals surface area contributed by atoms with Gasteiger partial charge in [-0.25, -0.2) is 4.98 Å². The number of ether oxygens (including phenoxy) is 1. The molecule has 0 radical (unpaired) electrons. The van der Waals surface area contributed by atoms with Crippen molar-refractivity contribution in [2.24, 2.45) is 0 Å². The molecule has 7 heteroatoms. The third-order valence-corrected chi connectivity index (χ3v) is 3.73. The highest BCUT2D eigenvalue weighted by Crippen LogP contribution is 2.23. The zero-order valence-corrected chi connectivity index (χ0v) is 14.2. The number of carbonyl (C=O) groups excluding carboxylic acids is 2. The first kappa shape index (κ1) is 17.2. The number of H-pyrrole nitrogens is 1. The number of benzene rings is 2. The van der Waals surface area contributed by atoms with E-state index in [1.54, 1.807) is 24.3 Å². The minimum Gasteiger partial charge on any atom is -0.495 e. The van der Waals surface area contributed by atoms with E-state index < -0.39 is 11.8 Å². The van der Waals surface area contributed by atoms with Crippen LogP contribution in [0.5, 0.6) is 5.75 Å². The van der Waals surface area contributed by atoms with Crippen LogP contribution < -0.4 is 15.4 Å². The van der Waals surface area contributed by atoms with Crippen molar-refractivity contribution in [3.8, 4) is 5.75 Å². The average Bonchev–Trinajstić information content (AvgIpc) is 3.17. The predicted molar refractivity (Wildman–Crippen MR) is 97.1 cm³/mol. The topological polar surface area (TPSA) is 96.1 Å². The third kappa shape index (κ3) is 3.89. The molecule has 0 saturated heterocycles. The molecule has 0 saturated carbocycles. The van der Waals surface area contributed by atoms with Crippen LogP contribution in [-0.4, -0.2) is 28.9 Å². The van der Waals surface area contributed by atoms with Crippen LogP contribution in [0.15, 0.2) is 60.9 Å². The van der Waals surface area contributed by atoms with Gasteiger partial charge >= 0.3 is 0 Å². The maximum atomic E-state index is 12.5. The molecule has 0 spiro atoms. The van der Waals surface area contributed by atoms with Gasteiger partial charge in [0.15, 0.2) is 5.69 Å². The number of methoxy groups -OCH3 is 1. The molecule has 0 aliphatic heterocycles. The van der Waals surface area contributed by atoms with Crippen molar-refractivity contribution in [3.63, 3.8) is 0 Å². The van der Waals surface area contributed by atoms with Crippen LogP contribution in [0.25, 0.3) is 0 Å². The van der Waals surface area contributed by atoms with Crippen LogP contribution in [-0.2, 0) is 6.54 Å². The Morgan fingerprint density at radius 1 is 1.04 bits per heavy atom. The van der Waals surface area contributed by atoms with Gasteiger partial charge in [0.25, 0.3) is 11.8 Å². The molecule has 2 amide bonds. The number of aromatic nitrogens is 2. The molecule has 0 aliphatic rings. The number of para-hydroxylation sites is 2. The van der Waals surface area contributed by atoms with Gasteiger partial charge in [-0.3, -0.25) is 9.59 Å². The highest BCUT2D eigenvalue weighted by atomic mass is 16.5. The van der Waals surface area contributed by atoms with E-state index >= 15 is 0 Å². The summed E-state index contributed by atoms with van der Waals surface area (Å²) in [5.74, 6) is -0.386. The number of hydrogen-bond acceptors (Lipinski definition) is 4. The molecular formula is C19H18N4O3. The van der Waals surface area contributed by atoms with E-state index in [0.717, 1.165) is 5.56 Å². The van der Waals surface area contributed by atoms with E-state index in [9.17, 15) is 9.59 Å². The Hall–Kier alpha value is -3.61. The summed E-state index contributed by atoms with van der Waals surface area (Å²) in [6, 6.07) is 16.5. The summed E-state index contributed by atoms with van der Waals surface area (Å²) < 4.78 is 5.21. The molecule has 3 rings (SSSR count). The van der Waals surface area contributed by atoms with Crippen molar-refractivity contribution < 1.29 is 14.3 Å². The number of amides is 2. The quantitative estimate of drug-likeness (QED) is 0.637. The van der Waals surface area contributed by atoms with Crippen molar-refractivity contribution in [2.45, 2.75) is 6.54 Å². The Bertz CT molecular complexity index is 906. The number of carbonyl (C=O) groups is 2. The van der Waals surface area contributed by atoms with Crippen LogP contribution in [0.1, 0.15) is 26.5 Å². The molecule has 3 N–H and O–H groups in total. The van der Waals surface area contributed by atoms with E-state index in [1.807, 2.05) is 30.3 Å². The zero-order chi connectivity index (χ0) is 18.4. The summed E-state index contributed by atoms with van der Waals surface area (Å²) in [4.78, 5) is 31.6. The van der Waals surface area contributed by atoms with Gasteiger partial charge < -0.3 is 20.4 Å². The Labute approximate surface area is 150 Å². The zero-order valence-electron chi connectivity index (χ0n) is 14.2. The van der Waals surface area contributed by atoms with Crippen molar-refractivity contribution >= 4 is 17.5 Å². The Balaban J connectivity index is 1.71. The second-order valence-electron chi connectivity index (χ2n) is 5.45. The minimum atomic E-state index is -0.499. The number of anilines is 1. The van der Waals surface area contributed by atoms with Crippen LogP contribution in [0, 0.1) is 0 Å². The van der Waals surface area contributed by atoms with Crippen molar-refractivity contribution in [1.82, 2.24) is 15.3 Å². The van der Waals surface area contributed by atoms with Crippen molar-refractivity contribution in [3.05, 3.63) is 77.9 Å². The van der Waals surface area contributed by atoms with Crippen LogP contribution in [0.4, 0.5) is 5.69 Å². The fourth-order valence-corrected chi connectivity index (χ4v) is 2.44. The van der Waals surface area contributed by atoms with E-state index in [-0.39, 0.29) is 11.4 Å². The normalized spacial score (nSPS) is 10.2. The Kier molecular flexibility index (Phi) is 5.28. The summed E-state index contributed by atoms with van der Waals surface area (Å²) >= 11 is 0. The molecule has 0 bridgehead atoms. The summed E-state index contributed by atoms with van der Waals surface area (Å²) in [5.41, 5.74) is 1.58. The lowest BCUT2D eigenvalue weighted by molar-refractivity contribution is 0.0933. The molecule has 0 fully saturated rings. The SMILES string of the molecule is COc1ccccc1NC(=O)c1nc[nH]c1C(=O)NCc1ccccc1. The van der Waals surface area contributed by atoms with Crippen LogP contribution >= 0.6 is 0 Å². The van der Waals surface area contributed by atoms with Gasteiger partial charge in [-0.05, 0) is 17.7 Å². The number of nitrogens with zero attached hydrogens (tertiary/aromatic N) is 1. The largest absolute Gasteiger partial charge is 0.495 e. The number of aromatic amines is 1. The average molecular weight is 350 g/mol. The number of hydrogen-bond donors (Lipinski definition) is 3. The second-order valence-corrected chi connectivity index (χ2v) is 5.45. The number of rotatable bonds is 6. The lowest BCUT2D eigenvalue weighted by Gasteiger charge is -2.09. The second kappa shape index (κ2) is 7.98. The maximum Gasteiger partial charge on any atom is 0.276 e. The first-order chi connectivity index (χ1) is 12.7. The molecule has 0 unspecified atom stereocenters. The first-order valence-electron chi connectivity index (χ1n) is 7.99. The van der Waals surface area contributed by atoms with E-state index in [2.05, 4.69) is 20.6 Å². The molecule has 2 aromatic carbocycles. The lowest BCUT2D eigenvalue weighted by atomic mass is 10.2. The molecule has 0 aliphatic carbocycles. The monoisotopic (exact) mass is 350 g/mol. The van der Waals surface area contributed by atoms with Gasteiger partial charge in [-0.2, -0.15) is 0 Å². The van der Waals surface area contributed by atoms with Crippen LogP contribution in [0.2, 0.25) is 0 Å². The fourth-order valence-electron chi connectivity index (χ4n) is 2.44. The number of nitrogens with one attached hydrogen (secondary N) is 3. The minimum absolute atomic E-state index is 0.0152. The van der Waals surface area contributed by atoms with Gasteiger partial charge in [0.05, 0.1) is 19.1 Å². The van der Waals surface area contributed by atoms with Gasteiger partial charge in [-0.15, -0.1) is 0 Å². The molecule has 1 aromatic heterocycles. The standard InChI is InChI=1S/C19H18N4O3/c1-26-15-10-6-5-9-14(15)23-19(25)17-16(21-12-22-17)18(24)20-11-13-7-3-2-4-8-13/h2-10,12H,11H2,1H3,(H,20,24)(H,21,22)(H,23,25). The molecule has 7 nitrogen and oxygen atoms in total. The van der Waals surface area contributed by atoms with Gasteiger partial charge in [0.1, 0.15) is 11.4 Å². The smallest absolute Gasteiger partial charge is 0.276 e. The van der Waals surface area contributed by atoms with Crippen molar-refractivity contribution in [1.29, 1.82) is 0 Å². The third-order valence-electron chi connectivity index (χ3n) is 3.73. The summed E-state index contributed by atoms with van der Waals surface area (Å²) in [6.45, 7) is 0.353. The molecule has 1 heterocycles. The van der Waals surface area contributed by atoms with Crippen molar-refractivity contribution in [2.75, 3.05) is 12.4 Å². The molecule has 0 atom stereocenters. The van der Waals surface area contributed by atoms with Gasteiger partial charge in [0, 0.05) is 6.54 Å². The summed E-state index contributed by atoms with van der Waals surface area (Å²) in [7, 11) is 1.52. The van der Waals surface area contributed by atoms with Crippen LogP contribution in [0.3, 0.4) is 0 Å². The highest BCUT2D eigenvalue weighted by molar-refractivity contribution is 6.10. The predicted octanol–water partition coefficient (Wildman–Crippen LogP) is 2.60. The fraction of sp³-hybridized carbons (Fsp3) is 0.105. The highest BCUT2D eigenvalue weighted by Gasteiger charge is 2.21.